The van der Waals surface area contributed by atoms with Gasteiger partial charge < -0.3 is 15.4 Å². The van der Waals surface area contributed by atoms with E-state index >= 15 is 0 Å². The lowest BCUT2D eigenvalue weighted by atomic mass is 10.1. The monoisotopic (exact) mass is 380 g/mol. The Kier molecular flexibility index (Phi) is 6.07. The van der Waals surface area contributed by atoms with Gasteiger partial charge in [-0.1, -0.05) is 41.9 Å². The highest BCUT2D eigenvalue weighted by Gasteiger charge is 2.14. The maximum Gasteiger partial charge on any atom is 0.340 e. The Morgan fingerprint density at radius 2 is 1.48 bits per heavy atom. The SMILES string of the molecule is O=C(COC(=O)c1ccccc1Nc1ccccc1)Nc1ccc(Cl)cc1. The number of hydrogen-bond donors (Lipinski definition) is 2. The standard InChI is InChI=1S/C21H17ClN2O3/c22-15-10-12-17(13-11-15)24-20(25)14-27-21(26)18-8-4-5-9-19(18)23-16-6-2-1-3-7-16/h1-13,23H,14H2,(H,24,25). The quantitative estimate of drug-likeness (QED) is 0.598. The van der Waals surface area contributed by atoms with Crippen LogP contribution in [0.2, 0.25) is 5.02 Å². The number of halogens is 1. The number of para-hydroxylation sites is 2. The highest BCUT2D eigenvalue weighted by molar-refractivity contribution is 6.30. The Labute approximate surface area is 161 Å². The molecule has 5 nitrogen and oxygen atoms in total. The molecule has 0 saturated carbocycles. The number of benzene rings is 3. The lowest BCUT2D eigenvalue weighted by Crippen LogP contribution is -2.21. The average Bonchev–Trinajstić information content (AvgIpc) is 2.69. The van der Waals surface area contributed by atoms with Gasteiger partial charge >= 0.3 is 5.97 Å². The molecule has 1 amide bonds. The zero-order chi connectivity index (χ0) is 19.1. The molecule has 0 aromatic heterocycles. The predicted molar refractivity (Wildman–Crippen MR) is 107 cm³/mol. The Morgan fingerprint density at radius 3 is 2.22 bits per heavy atom. The van der Waals surface area contributed by atoms with Crippen molar-refractivity contribution < 1.29 is 14.3 Å². The lowest BCUT2D eigenvalue weighted by molar-refractivity contribution is -0.119. The average molecular weight is 381 g/mol. The van der Waals surface area contributed by atoms with Crippen LogP contribution in [-0.2, 0) is 9.53 Å². The van der Waals surface area contributed by atoms with Gasteiger partial charge in [-0.2, -0.15) is 0 Å². The third kappa shape index (κ3) is 5.33. The van der Waals surface area contributed by atoms with Crippen molar-refractivity contribution in [1.82, 2.24) is 0 Å². The number of rotatable bonds is 6. The summed E-state index contributed by atoms with van der Waals surface area (Å²) >= 11 is 5.80. The highest BCUT2D eigenvalue weighted by Crippen LogP contribution is 2.21. The second-order valence-electron chi connectivity index (χ2n) is 5.67. The van der Waals surface area contributed by atoms with Crippen LogP contribution < -0.4 is 10.6 Å². The van der Waals surface area contributed by atoms with Crippen LogP contribution in [0.1, 0.15) is 10.4 Å². The molecule has 0 radical (unpaired) electrons. The lowest BCUT2D eigenvalue weighted by Gasteiger charge is -2.12. The van der Waals surface area contributed by atoms with Crippen LogP contribution in [0.3, 0.4) is 0 Å². The van der Waals surface area contributed by atoms with Crippen LogP contribution in [0.5, 0.6) is 0 Å². The van der Waals surface area contributed by atoms with Gasteiger partial charge in [-0.25, -0.2) is 4.79 Å². The van der Waals surface area contributed by atoms with Gasteiger partial charge in [0.05, 0.1) is 11.3 Å². The predicted octanol–water partition coefficient (Wildman–Crippen LogP) is 4.88. The summed E-state index contributed by atoms with van der Waals surface area (Å²) in [6, 6.07) is 23.1. The second-order valence-corrected chi connectivity index (χ2v) is 6.10. The molecule has 0 bridgehead atoms. The molecule has 2 N–H and O–H groups in total. The van der Waals surface area contributed by atoms with Gasteiger partial charge in [-0.05, 0) is 48.5 Å². The molecule has 0 aliphatic rings. The van der Waals surface area contributed by atoms with Gasteiger partial charge in [0.25, 0.3) is 5.91 Å². The van der Waals surface area contributed by atoms with Crippen molar-refractivity contribution in [1.29, 1.82) is 0 Å². The first-order valence-corrected chi connectivity index (χ1v) is 8.63. The van der Waals surface area contributed by atoms with E-state index in [1.165, 1.54) is 0 Å². The zero-order valence-electron chi connectivity index (χ0n) is 14.3. The maximum absolute atomic E-state index is 12.4. The van der Waals surface area contributed by atoms with E-state index in [1.807, 2.05) is 36.4 Å². The van der Waals surface area contributed by atoms with Crippen molar-refractivity contribution >= 4 is 40.5 Å². The molecular formula is C21H17ClN2O3. The van der Waals surface area contributed by atoms with Crippen molar-refractivity contribution in [3.63, 3.8) is 0 Å². The summed E-state index contributed by atoms with van der Waals surface area (Å²) in [6.45, 7) is -0.388. The number of anilines is 3. The van der Waals surface area contributed by atoms with E-state index in [0.717, 1.165) is 5.69 Å². The molecule has 0 spiro atoms. The normalized spacial score (nSPS) is 10.1. The molecule has 136 valence electrons. The molecule has 0 aliphatic carbocycles. The second kappa shape index (κ2) is 8.87. The smallest absolute Gasteiger partial charge is 0.340 e. The molecule has 3 rings (SSSR count). The van der Waals surface area contributed by atoms with E-state index in [4.69, 9.17) is 16.3 Å². The van der Waals surface area contributed by atoms with E-state index in [-0.39, 0.29) is 6.61 Å². The minimum atomic E-state index is -0.583. The summed E-state index contributed by atoms with van der Waals surface area (Å²) in [5, 5.41) is 6.38. The fourth-order valence-corrected chi connectivity index (χ4v) is 2.51. The number of nitrogens with one attached hydrogen (secondary N) is 2. The molecule has 0 aliphatic heterocycles. The summed E-state index contributed by atoms with van der Waals surface area (Å²) in [5.74, 6) is -1.01. The van der Waals surface area contributed by atoms with Crippen molar-refractivity contribution in [2.24, 2.45) is 0 Å². The topological polar surface area (TPSA) is 67.4 Å². The van der Waals surface area contributed by atoms with Crippen LogP contribution in [0.4, 0.5) is 17.1 Å². The van der Waals surface area contributed by atoms with E-state index < -0.39 is 11.9 Å². The Morgan fingerprint density at radius 1 is 0.815 bits per heavy atom. The molecule has 6 heteroatoms. The Hall–Kier alpha value is -3.31. The van der Waals surface area contributed by atoms with Crippen LogP contribution in [0.25, 0.3) is 0 Å². The van der Waals surface area contributed by atoms with E-state index in [2.05, 4.69) is 10.6 Å². The summed E-state index contributed by atoms with van der Waals surface area (Å²) in [7, 11) is 0. The first-order valence-electron chi connectivity index (χ1n) is 8.25. The maximum atomic E-state index is 12.4. The van der Waals surface area contributed by atoms with Gasteiger partial charge in [-0.3, -0.25) is 4.79 Å². The van der Waals surface area contributed by atoms with Crippen molar-refractivity contribution in [3.8, 4) is 0 Å². The molecule has 0 atom stereocenters. The third-order valence-corrected chi connectivity index (χ3v) is 3.91. The number of carbonyl (C=O) groups is 2. The van der Waals surface area contributed by atoms with Crippen molar-refractivity contribution in [2.75, 3.05) is 17.2 Å². The van der Waals surface area contributed by atoms with Crippen LogP contribution in [0, 0.1) is 0 Å². The molecule has 0 unspecified atom stereocenters. The van der Waals surface area contributed by atoms with Crippen molar-refractivity contribution in [3.05, 3.63) is 89.4 Å². The third-order valence-electron chi connectivity index (χ3n) is 3.66. The largest absolute Gasteiger partial charge is 0.452 e. The molecule has 3 aromatic carbocycles. The number of hydrogen-bond acceptors (Lipinski definition) is 4. The van der Waals surface area contributed by atoms with Crippen LogP contribution >= 0.6 is 11.6 Å². The van der Waals surface area contributed by atoms with Crippen LogP contribution in [0.15, 0.2) is 78.9 Å². The fourth-order valence-electron chi connectivity index (χ4n) is 2.39. The minimum Gasteiger partial charge on any atom is -0.452 e. The first kappa shape index (κ1) is 18.5. The minimum absolute atomic E-state index is 0.348. The molecule has 0 heterocycles. The highest BCUT2D eigenvalue weighted by atomic mass is 35.5. The van der Waals surface area contributed by atoms with Gasteiger partial charge in [0.15, 0.2) is 6.61 Å². The Bertz CT molecular complexity index is 928. The zero-order valence-corrected chi connectivity index (χ0v) is 15.1. The fraction of sp³-hybridized carbons (Fsp3) is 0.0476. The summed E-state index contributed by atoms with van der Waals surface area (Å²) < 4.78 is 5.15. The first-order chi connectivity index (χ1) is 13.1. The molecule has 0 fully saturated rings. The van der Waals surface area contributed by atoms with E-state index in [1.54, 1.807) is 42.5 Å². The van der Waals surface area contributed by atoms with Crippen LogP contribution in [-0.4, -0.2) is 18.5 Å². The molecule has 3 aromatic rings. The number of esters is 1. The summed E-state index contributed by atoms with van der Waals surface area (Å²) in [4.78, 5) is 24.4. The molecule has 0 saturated heterocycles. The summed E-state index contributed by atoms with van der Waals surface area (Å²) in [5.41, 5.74) is 2.37. The van der Waals surface area contributed by atoms with Crippen molar-refractivity contribution in [2.45, 2.75) is 0 Å². The molecule has 27 heavy (non-hydrogen) atoms. The van der Waals surface area contributed by atoms with Gasteiger partial charge in [-0.15, -0.1) is 0 Å². The number of ether oxygens (including phenoxy) is 1. The van der Waals surface area contributed by atoms with Gasteiger partial charge in [0.2, 0.25) is 0 Å². The Balaban J connectivity index is 1.61. The number of amides is 1. The van der Waals surface area contributed by atoms with E-state index in [0.29, 0.717) is 22.0 Å². The van der Waals surface area contributed by atoms with E-state index in [9.17, 15) is 9.59 Å². The summed E-state index contributed by atoms with van der Waals surface area (Å²) in [6.07, 6.45) is 0. The van der Waals surface area contributed by atoms with Gasteiger partial charge in [0.1, 0.15) is 0 Å². The number of carbonyl (C=O) groups excluding carboxylic acids is 2. The molecular weight excluding hydrogens is 364 g/mol. The van der Waals surface area contributed by atoms with Gasteiger partial charge in [0, 0.05) is 16.4 Å².